The largest absolute Gasteiger partial charge is 0.463 e. The second kappa shape index (κ2) is 13.6. The number of hydrogen-bond donors (Lipinski definition) is 3. The smallest absolute Gasteiger partial charge is 0.305 e. The molecule has 130 valence electrons. The summed E-state index contributed by atoms with van der Waals surface area (Å²) in [5.74, 6) is -0.875. The molecule has 0 aliphatic heterocycles. The summed E-state index contributed by atoms with van der Waals surface area (Å²) in [6.07, 6.45) is 2.91. The molecule has 0 aliphatic rings. The first-order valence-corrected chi connectivity index (χ1v) is 7.59. The van der Waals surface area contributed by atoms with Gasteiger partial charge in [0.25, 0.3) is 0 Å². The van der Waals surface area contributed by atoms with Gasteiger partial charge < -0.3 is 25.8 Å². The van der Waals surface area contributed by atoms with E-state index < -0.39 is 0 Å². The first-order chi connectivity index (χ1) is 11.0. The van der Waals surface area contributed by atoms with Crippen molar-refractivity contribution in [3.8, 4) is 0 Å². The lowest BCUT2D eigenvalue weighted by atomic mass is 10.2. The van der Waals surface area contributed by atoms with Gasteiger partial charge in [0.05, 0.1) is 19.6 Å². The van der Waals surface area contributed by atoms with Gasteiger partial charge in [-0.3, -0.25) is 14.4 Å². The van der Waals surface area contributed by atoms with Gasteiger partial charge in [-0.25, -0.2) is 0 Å². The zero-order chi connectivity index (χ0) is 17.5. The minimum absolute atomic E-state index is 0.0759. The summed E-state index contributed by atoms with van der Waals surface area (Å²) in [7, 11) is 0. The number of hydrogen-bond acceptors (Lipinski definition) is 6. The molecule has 0 saturated carbocycles. The Bertz CT molecular complexity index is 429. The fourth-order valence-electron chi connectivity index (χ4n) is 1.43. The van der Waals surface area contributed by atoms with Gasteiger partial charge in [0, 0.05) is 13.0 Å². The molecular weight excluding hydrogens is 322 g/mol. The van der Waals surface area contributed by atoms with E-state index >= 15 is 0 Å². The molecule has 0 spiro atoms. The minimum atomic E-state index is -0.324. The molecule has 23 heavy (non-hydrogen) atoms. The lowest BCUT2D eigenvalue weighted by Crippen LogP contribution is -2.35. The van der Waals surface area contributed by atoms with Crippen LogP contribution in [0.5, 0.6) is 0 Å². The third-order valence-corrected chi connectivity index (χ3v) is 2.62. The average molecular weight is 345 g/mol. The van der Waals surface area contributed by atoms with Gasteiger partial charge in [0.1, 0.15) is 6.61 Å². The van der Waals surface area contributed by atoms with Crippen LogP contribution in [0.1, 0.15) is 25.7 Å². The molecule has 2 amide bonds. The van der Waals surface area contributed by atoms with Crippen LogP contribution >= 0.6 is 12.2 Å². The third kappa shape index (κ3) is 14.7. The second-order valence-electron chi connectivity index (χ2n) is 4.45. The van der Waals surface area contributed by atoms with Crippen LogP contribution in [-0.4, -0.2) is 49.3 Å². The van der Waals surface area contributed by atoms with Crippen LogP contribution in [0.25, 0.3) is 0 Å². The second-order valence-corrected chi connectivity index (χ2v) is 4.89. The molecule has 4 N–H and O–H groups in total. The van der Waals surface area contributed by atoms with Crippen molar-refractivity contribution >= 4 is 35.1 Å². The van der Waals surface area contributed by atoms with Gasteiger partial charge in [-0.15, -0.1) is 0 Å². The van der Waals surface area contributed by atoms with E-state index in [4.69, 9.17) is 15.2 Å². The number of thiocarbonyl (C=S) groups is 1. The van der Waals surface area contributed by atoms with Gasteiger partial charge in [0.15, 0.2) is 5.11 Å². The molecule has 0 unspecified atom stereocenters. The summed E-state index contributed by atoms with van der Waals surface area (Å²) in [4.78, 5) is 33.4. The quantitative estimate of drug-likeness (QED) is 0.193. The summed E-state index contributed by atoms with van der Waals surface area (Å²) in [5.41, 5.74) is 5.14. The van der Waals surface area contributed by atoms with E-state index in [1.807, 2.05) is 0 Å². The Morgan fingerprint density at radius 1 is 1.13 bits per heavy atom. The van der Waals surface area contributed by atoms with Crippen molar-refractivity contribution in [3.05, 3.63) is 12.7 Å². The normalized spacial score (nSPS) is 9.74. The Balaban J connectivity index is 3.40. The van der Waals surface area contributed by atoms with E-state index in [2.05, 4.69) is 29.4 Å². The highest BCUT2D eigenvalue weighted by Crippen LogP contribution is 1.97. The number of nitrogens with one attached hydrogen (secondary N) is 2. The molecule has 0 aliphatic carbocycles. The SMILES string of the molecule is C=CC(=O)NCCCCC(=O)OCCOCCC(=O)NC(N)=S. The van der Waals surface area contributed by atoms with Crippen molar-refractivity contribution in [3.63, 3.8) is 0 Å². The highest BCUT2D eigenvalue weighted by atomic mass is 32.1. The number of unbranched alkanes of at least 4 members (excludes halogenated alkanes) is 1. The van der Waals surface area contributed by atoms with E-state index in [0.29, 0.717) is 19.4 Å². The van der Waals surface area contributed by atoms with E-state index in [1.54, 1.807) is 0 Å². The Kier molecular flexibility index (Phi) is 12.5. The van der Waals surface area contributed by atoms with Crippen LogP contribution in [0.15, 0.2) is 12.7 Å². The van der Waals surface area contributed by atoms with Crippen molar-refractivity contribution in [2.24, 2.45) is 5.73 Å². The number of carbonyl (C=O) groups excluding carboxylic acids is 3. The molecule has 0 aromatic rings. The molecule has 9 heteroatoms. The van der Waals surface area contributed by atoms with Crippen LogP contribution in [0.2, 0.25) is 0 Å². The van der Waals surface area contributed by atoms with Crippen LogP contribution in [0.4, 0.5) is 0 Å². The molecule has 0 fully saturated rings. The van der Waals surface area contributed by atoms with E-state index in [0.717, 1.165) is 0 Å². The Morgan fingerprint density at radius 2 is 1.87 bits per heavy atom. The first-order valence-electron chi connectivity index (χ1n) is 7.18. The van der Waals surface area contributed by atoms with Crippen LogP contribution in [-0.2, 0) is 23.9 Å². The molecule has 0 atom stereocenters. The molecule has 0 bridgehead atoms. The number of rotatable bonds is 12. The Hall–Kier alpha value is -2.00. The fourth-order valence-corrected chi connectivity index (χ4v) is 1.55. The van der Waals surface area contributed by atoms with Crippen LogP contribution < -0.4 is 16.4 Å². The molecule has 0 radical (unpaired) electrons. The molecule has 0 rings (SSSR count). The number of carbonyl (C=O) groups is 3. The molecule has 0 aromatic carbocycles. The van der Waals surface area contributed by atoms with Crippen molar-refractivity contribution in [2.75, 3.05) is 26.4 Å². The maximum absolute atomic E-state index is 11.4. The van der Waals surface area contributed by atoms with Crippen molar-refractivity contribution < 1.29 is 23.9 Å². The zero-order valence-corrected chi connectivity index (χ0v) is 13.8. The number of esters is 1. The number of ether oxygens (including phenoxy) is 2. The summed E-state index contributed by atoms with van der Waals surface area (Å²) in [5, 5.41) is 4.81. The van der Waals surface area contributed by atoms with Crippen LogP contribution in [0, 0.1) is 0 Å². The summed E-state index contributed by atoms with van der Waals surface area (Å²) in [6, 6.07) is 0. The molecule has 0 aromatic heterocycles. The first kappa shape index (κ1) is 21.0. The maximum Gasteiger partial charge on any atom is 0.305 e. The third-order valence-electron chi connectivity index (χ3n) is 2.52. The van der Waals surface area contributed by atoms with Crippen LogP contribution in [0.3, 0.4) is 0 Å². The van der Waals surface area contributed by atoms with Gasteiger partial charge >= 0.3 is 5.97 Å². The van der Waals surface area contributed by atoms with Crippen molar-refractivity contribution in [2.45, 2.75) is 25.7 Å². The molecule has 8 nitrogen and oxygen atoms in total. The topological polar surface area (TPSA) is 120 Å². The average Bonchev–Trinajstić information content (AvgIpc) is 2.49. The van der Waals surface area contributed by atoms with Crippen molar-refractivity contribution in [1.82, 2.24) is 10.6 Å². The Labute approximate surface area is 140 Å². The highest BCUT2D eigenvalue weighted by molar-refractivity contribution is 7.80. The highest BCUT2D eigenvalue weighted by Gasteiger charge is 2.04. The number of amides is 2. The van der Waals surface area contributed by atoms with E-state index in [-0.39, 0.29) is 55.6 Å². The number of nitrogens with two attached hydrogens (primary N) is 1. The fraction of sp³-hybridized carbons (Fsp3) is 0.571. The van der Waals surface area contributed by atoms with Gasteiger partial charge in [-0.05, 0) is 31.1 Å². The summed E-state index contributed by atoms with van der Waals surface area (Å²) >= 11 is 4.51. The lowest BCUT2D eigenvalue weighted by molar-refractivity contribution is -0.145. The molecule has 0 saturated heterocycles. The predicted molar refractivity (Wildman–Crippen MR) is 88.4 cm³/mol. The van der Waals surface area contributed by atoms with E-state index in [1.165, 1.54) is 6.08 Å². The summed E-state index contributed by atoms with van der Waals surface area (Å²) in [6.45, 7) is 4.36. The summed E-state index contributed by atoms with van der Waals surface area (Å²) < 4.78 is 10.1. The lowest BCUT2D eigenvalue weighted by Gasteiger charge is -2.06. The van der Waals surface area contributed by atoms with Gasteiger partial charge in [-0.1, -0.05) is 6.58 Å². The zero-order valence-electron chi connectivity index (χ0n) is 13.0. The molecule has 0 heterocycles. The predicted octanol–water partition coefficient (Wildman–Crippen LogP) is -0.231. The Morgan fingerprint density at radius 3 is 2.52 bits per heavy atom. The molecular formula is C14H23N3O5S. The monoisotopic (exact) mass is 345 g/mol. The van der Waals surface area contributed by atoms with E-state index in [9.17, 15) is 14.4 Å². The maximum atomic E-state index is 11.4. The van der Waals surface area contributed by atoms with Gasteiger partial charge in [-0.2, -0.15) is 0 Å². The van der Waals surface area contributed by atoms with Gasteiger partial charge in [0.2, 0.25) is 11.8 Å². The standard InChI is InChI=1S/C14H23N3O5S/c1-2-11(18)16-7-4-3-5-13(20)22-10-9-21-8-6-12(19)17-14(15)23/h2H,1,3-10H2,(H,16,18)(H3,15,17,19,23). The minimum Gasteiger partial charge on any atom is -0.463 e. The van der Waals surface area contributed by atoms with Crippen molar-refractivity contribution in [1.29, 1.82) is 0 Å².